The van der Waals surface area contributed by atoms with Gasteiger partial charge in [-0.1, -0.05) is 164 Å². The molecule has 9 aromatic rings. The van der Waals surface area contributed by atoms with Gasteiger partial charge in [-0.15, -0.1) is 0 Å². The summed E-state index contributed by atoms with van der Waals surface area (Å²) in [7, 11) is 0. The third kappa shape index (κ3) is 4.20. The van der Waals surface area contributed by atoms with Crippen LogP contribution in [0, 0.1) is 0 Å². The van der Waals surface area contributed by atoms with Gasteiger partial charge in [0.15, 0.2) is 17.5 Å². The standard InChI is InChI=1S/C47H31N3/c1-47(34-19-6-3-7-20-34)39-25-13-12-23-37(39)42-38(24-14-26-40(42)47)45-48-44(31-16-4-2-5-17-31)49-46(50-45)43-36-22-11-9-18-32(36)29-33-28-27-30-15-8-10-21-35(30)41(33)43/h2-29H,1H3. The van der Waals surface area contributed by atoms with Crippen molar-refractivity contribution < 1.29 is 0 Å². The zero-order valence-corrected chi connectivity index (χ0v) is 27.5. The molecule has 0 spiro atoms. The summed E-state index contributed by atoms with van der Waals surface area (Å²) in [5, 5.41) is 6.95. The molecule has 3 nitrogen and oxygen atoms in total. The van der Waals surface area contributed by atoms with E-state index in [0.717, 1.165) is 38.2 Å². The second kappa shape index (κ2) is 11.0. The normalized spacial score (nSPS) is 15.0. The Labute approximate surface area is 290 Å². The number of rotatable bonds is 4. The molecule has 3 heteroatoms. The molecule has 1 aliphatic carbocycles. The predicted molar refractivity (Wildman–Crippen MR) is 206 cm³/mol. The zero-order chi connectivity index (χ0) is 33.2. The lowest BCUT2D eigenvalue weighted by atomic mass is 9.74. The average molecular weight is 638 g/mol. The van der Waals surface area contributed by atoms with E-state index >= 15 is 0 Å². The van der Waals surface area contributed by atoms with Crippen LogP contribution in [0.1, 0.15) is 23.6 Å². The van der Waals surface area contributed by atoms with Crippen LogP contribution in [0.15, 0.2) is 170 Å². The van der Waals surface area contributed by atoms with Crippen molar-refractivity contribution in [2.75, 3.05) is 0 Å². The van der Waals surface area contributed by atoms with Crippen molar-refractivity contribution in [1.29, 1.82) is 0 Å². The molecule has 1 unspecified atom stereocenters. The van der Waals surface area contributed by atoms with Crippen LogP contribution in [0.4, 0.5) is 0 Å². The average Bonchev–Trinajstić information content (AvgIpc) is 3.46. The predicted octanol–water partition coefficient (Wildman–Crippen LogP) is 11.7. The fourth-order valence-electron chi connectivity index (χ4n) is 8.21. The van der Waals surface area contributed by atoms with Crippen molar-refractivity contribution in [3.8, 4) is 45.3 Å². The number of nitrogens with zero attached hydrogens (tertiary/aromatic N) is 3. The molecule has 8 aromatic carbocycles. The van der Waals surface area contributed by atoms with E-state index in [0.29, 0.717) is 17.5 Å². The summed E-state index contributed by atoms with van der Waals surface area (Å²) in [6, 6.07) is 60.4. The van der Waals surface area contributed by atoms with Crippen LogP contribution >= 0.6 is 0 Å². The third-order valence-electron chi connectivity index (χ3n) is 10.6. The van der Waals surface area contributed by atoms with E-state index < -0.39 is 0 Å². The quantitative estimate of drug-likeness (QED) is 0.142. The molecule has 0 fully saturated rings. The van der Waals surface area contributed by atoms with E-state index in [1.54, 1.807) is 0 Å². The molecule has 0 saturated carbocycles. The van der Waals surface area contributed by atoms with Gasteiger partial charge in [-0.25, -0.2) is 15.0 Å². The summed E-state index contributed by atoms with van der Waals surface area (Å²) in [5.74, 6) is 1.99. The molecule has 10 rings (SSSR count). The van der Waals surface area contributed by atoms with Crippen molar-refractivity contribution in [1.82, 2.24) is 15.0 Å². The van der Waals surface area contributed by atoms with Gasteiger partial charge < -0.3 is 0 Å². The van der Waals surface area contributed by atoms with Gasteiger partial charge in [0.2, 0.25) is 0 Å². The molecule has 1 aliphatic rings. The van der Waals surface area contributed by atoms with Gasteiger partial charge in [0.25, 0.3) is 0 Å². The van der Waals surface area contributed by atoms with Gasteiger partial charge in [-0.05, 0) is 67.7 Å². The van der Waals surface area contributed by atoms with Gasteiger partial charge >= 0.3 is 0 Å². The molecule has 0 N–H and O–H groups in total. The maximum atomic E-state index is 5.46. The lowest BCUT2D eigenvalue weighted by Crippen LogP contribution is -2.22. The van der Waals surface area contributed by atoms with Crippen molar-refractivity contribution >= 4 is 32.3 Å². The van der Waals surface area contributed by atoms with Crippen LogP contribution in [-0.2, 0) is 5.41 Å². The molecule has 0 aliphatic heterocycles. The van der Waals surface area contributed by atoms with Crippen LogP contribution < -0.4 is 0 Å². The Morgan fingerprint density at radius 1 is 0.400 bits per heavy atom. The molecule has 1 aromatic heterocycles. The highest BCUT2D eigenvalue weighted by Crippen LogP contribution is 2.55. The lowest BCUT2D eigenvalue weighted by molar-refractivity contribution is 0.714. The fourth-order valence-corrected chi connectivity index (χ4v) is 8.21. The topological polar surface area (TPSA) is 38.7 Å². The first-order chi connectivity index (χ1) is 24.7. The molecule has 1 heterocycles. The van der Waals surface area contributed by atoms with Crippen LogP contribution in [0.5, 0.6) is 0 Å². The van der Waals surface area contributed by atoms with Crippen molar-refractivity contribution in [2.24, 2.45) is 0 Å². The highest BCUT2D eigenvalue weighted by molar-refractivity contribution is 6.21. The fraction of sp³-hybridized carbons (Fsp3) is 0.0426. The summed E-state index contributed by atoms with van der Waals surface area (Å²) in [6.07, 6.45) is 0. The molecule has 0 saturated heterocycles. The van der Waals surface area contributed by atoms with Crippen molar-refractivity contribution in [3.63, 3.8) is 0 Å². The molecular weight excluding hydrogens is 607 g/mol. The Bertz CT molecular complexity index is 2770. The summed E-state index contributed by atoms with van der Waals surface area (Å²) in [4.78, 5) is 16.0. The minimum absolute atomic E-state index is 0.327. The van der Waals surface area contributed by atoms with Crippen LogP contribution in [0.2, 0.25) is 0 Å². The lowest BCUT2D eigenvalue weighted by Gasteiger charge is -2.28. The van der Waals surface area contributed by atoms with Gasteiger partial charge in [0, 0.05) is 27.5 Å². The molecule has 50 heavy (non-hydrogen) atoms. The first-order valence-electron chi connectivity index (χ1n) is 17.1. The Kier molecular flexibility index (Phi) is 6.31. The molecule has 234 valence electrons. The molecule has 0 amide bonds. The van der Waals surface area contributed by atoms with Gasteiger partial charge in [0.1, 0.15) is 0 Å². The molecular formula is C47H31N3. The molecule has 0 bridgehead atoms. The second-order valence-corrected chi connectivity index (χ2v) is 13.3. The van der Waals surface area contributed by atoms with Crippen LogP contribution in [-0.4, -0.2) is 15.0 Å². The summed E-state index contributed by atoms with van der Waals surface area (Å²) in [5.41, 5.74) is 8.86. The SMILES string of the molecule is CC1(c2ccccc2)c2ccccc2-c2c(-c3nc(-c4ccccc4)nc(-c4c5ccccc5cc5ccc6ccccc6c45)n3)cccc21. The second-order valence-electron chi connectivity index (χ2n) is 13.3. The number of hydrogen-bond donors (Lipinski definition) is 0. The Hall–Kier alpha value is -6.45. The Balaban J connectivity index is 1.32. The van der Waals surface area contributed by atoms with E-state index in [-0.39, 0.29) is 5.41 Å². The van der Waals surface area contributed by atoms with Gasteiger partial charge in [-0.3, -0.25) is 0 Å². The number of fused-ring (bicyclic) bond motifs is 7. The van der Waals surface area contributed by atoms with Gasteiger partial charge in [0.05, 0.1) is 0 Å². The number of aromatic nitrogens is 3. The minimum Gasteiger partial charge on any atom is -0.208 e. The minimum atomic E-state index is -0.327. The molecule has 0 radical (unpaired) electrons. The highest BCUT2D eigenvalue weighted by Gasteiger charge is 2.42. The van der Waals surface area contributed by atoms with Crippen molar-refractivity contribution in [3.05, 3.63) is 187 Å². The Morgan fingerprint density at radius 3 is 1.84 bits per heavy atom. The summed E-state index contributed by atoms with van der Waals surface area (Å²) >= 11 is 0. The van der Waals surface area contributed by atoms with Crippen LogP contribution in [0.3, 0.4) is 0 Å². The summed E-state index contributed by atoms with van der Waals surface area (Å²) < 4.78 is 0. The largest absolute Gasteiger partial charge is 0.208 e. The molecule has 1 atom stereocenters. The van der Waals surface area contributed by atoms with E-state index in [4.69, 9.17) is 15.0 Å². The zero-order valence-electron chi connectivity index (χ0n) is 27.5. The van der Waals surface area contributed by atoms with E-state index in [1.807, 2.05) is 18.2 Å². The van der Waals surface area contributed by atoms with Crippen molar-refractivity contribution in [2.45, 2.75) is 12.3 Å². The first-order valence-corrected chi connectivity index (χ1v) is 17.1. The maximum Gasteiger partial charge on any atom is 0.165 e. The van der Waals surface area contributed by atoms with Gasteiger partial charge in [-0.2, -0.15) is 0 Å². The monoisotopic (exact) mass is 637 g/mol. The van der Waals surface area contributed by atoms with Crippen LogP contribution in [0.25, 0.3) is 77.6 Å². The first kappa shape index (κ1) is 28.6. The highest BCUT2D eigenvalue weighted by atomic mass is 15.0. The van der Waals surface area contributed by atoms with E-state index in [1.165, 1.54) is 38.6 Å². The van der Waals surface area contributed by atoms with E-state index in [2.05, 4.69) is 159 Å². The number of hydrogen-bond acceptors (Lipinski definition) is 3. The number of benzene rings is 8. The summed E-state index contributed by atoms with van der Waals surface area (Å²) in [6.45, 7) is 2.35. The smallest absolute Gasteiger partial charge is 0.165 e. The maximum absolute atomic E-state index is 5.46. The Morgan fingerprint density at radius 2 is 1.00 bits per heavy atom. The van der Waals surface area contributed by atoms with E-state index in [9.17, 15) is 0 Å². The third-order valence-corrected chi connectivity index (χ3v) is 10.6.